The van der Waals surface area contributed by atoms with Crippen molar-refractivity contribution < 1.29 is 17.6 Å². The van der Waals surface area contributed by atoms with E-state index in [1.807, 2.05) is 36.4 Å². The molecule has 0 radical (unpaired) electrons. The summed E-state index contributed by atoms with van der Waals surface area (Å²) in [6.07, 6.45) is 2.15. The van der Waals surface area contributed by atoms with Crippen LogP contribution in [0.5, 0.6) is 0 Å². The Bertz CT molecular complexity index is 1070. The standard InChI is InChI=1S/C21H20BrNO4S/c22-17-10-7-15(8-11-17)9-12-19(24)18-5-3-13-23(18)28(25,26)21-14-16-4-1-2-6-20(16)27-21/h1-2,4,6-8,10-11,14,18H,3,5,9,12-13H2/t18-/m0/s1. The highest BCUT2D eigenvalue weighted by Crippen LogP contribution is 2.31. The largest absolute Gasteiger partial charge is 0.443 e. The molecule has 1 atom stereocenters. The number of rotatable bonds is 6. The average Bonchev–Trinajstić information content (AvgIpc) is 3.35. The van der Waals surface area contributed by atoms with Crippen LogP contribution in [0, 0.1) is 0 Å². The Kier molecular flexibility index (Phi) is 5.40. The number of halogens is 1. The third-order valence-corrected chi connectivity index (χ3v) is 7.41. The third kappa shape index (κ3) is 3.79. The Morgan fingerprint density at radius 1 is 1.14 bits per heavy atom. The minimum Gasteiger partial charge on any atom is -0.443 e. The summed E-state index contributed by atoms with van der Waals surface area (Å²) in [4.78, 5) is 12.8. The molecule has 0 bridgehead atoms. The lowest BCUT2D eigenvalue weighted by molar-refractivity contribution is -0.122. The first-order chi connectivity index (χ1) is 13.4. The molecule has 2 heterocycles. The fourth-order valence-corrected chi connectivity index (χ4v) is 5.53. The van der Waals surface area contributed by atoms with Crippen LogP contribution < -0.4 is 0 Å². The molecule has 1 saturated heterocycles. The maximum absolute atomic E-state index is 13.1. The van der Waals surface area contributed by atoms with Gasteiger partial charge in [0.05, 0.1) is 6.04 Å². The number of carbonyl (C=O) groups is 1. The maximum Gasteiger partial charge on any atom is 0.277 e. The molecular formula is C21H20BrNO4S. The molecule has 2 aromatic carbocycles. The van der Waals surface area contributed by atoms with E-state index < -0.39 is 16.1 Å². The van der Waals surface area contributed by atoms with E-state index in [-0.39, 0.29) is 10.9 Å². The number of hydrogen-bond donors (Lipinski definition) is 0. The zero-order chi connectivity index (χ0) is 19.7. The molecule has 1 fully saturated rings. The van der Waals surface area contributed by atoms with Crippen LogP contribution in [0.1, 0.15) is 24.8 Å². The quantitative estimate of drug-likeness (QED) is 0.539. The summed E-state index contributed by atoms with van der Waals surface area (Å²) in [7, 11) is -3.84. The van der Waals surface area contributed by atoms with Crippen molar-refractivity contribution in [2.45, 2.75) is 36.8 Å². The molecule has 28 heavy (non-hydrogen) atoms. The molecule has 1 aliphatic heterocycles. The summed E-state index contributed by atoms with van der Waals surface area (Å²) < 4.78 is 34.1. The first-order valence-corrected chi connectivity index (χ1v) is 11.5. The first-order valence-electron chi connectivity index (χ1n) is 9.23. The van der Waals surface area contributed by atoms with Crippen molar-refractivity contribution in [2.24, 2.45) is 0 Å². The Morgan fingerprint density at radius 3 is 2.64 bits per heavy atom. The van der Waals surface area contributed by atoms with E-state index in [0.29, 0.717) is 37.8 Å². The van der Waals surface area contributed by atoms with Gasteiger partial charge in [0.1, 0.15) is 5.58 Å². The van der Waals surface area contributed by atoms with Crippen molar-refractivity contribution in [1.82, 2.24) is 4.31 Å². The fraction of sp³-hybridized carbons (Fsp3) is 0.286. The van der Waals surface area contributed by atoms with Gasteiger partial charge in [-0.25, -0.2) is 8.42 Å². The Morgan fingerprint density at radius 2 is 1.89 bits per heavy atom. The molecular weight excluding hydrogens is 442 g/mol. The van der Waals surface area contributed by atoms with E-state index in [2.05, 4.69) is 15.9 Å². The molecule has 1 aromatic heterocycles. The van der Waals surface area contributed by atoms with Crippen LogP contribution in [0.15, 0.2) is 68.6 Å². The van der Waals surface area contributed by atoms with E-state index >= 15 is 0 Å². The molecule has 0 saturated carbocycles. The summed E-state index contributed by atoms with van der Waals surface area (Å²) in [6, 6.07) is 15.9. The second-order valence-electron chi connectivity index (χ2n) is 6.97. The van der Waals surface area contributed by atoms with Crippen LogP contribution in [0.25, 0.3) is 11.0 Å². The lowest BCUT2D eigenvalue weighted by Crippen LogP contribution is -2.40. The first kappa shape index (κ1) is 19.4. The summed E-state index contributed by atoms with van der Waals surface area (Å²) in [6.45, 7) is 0.341. The van der Waals surface area contributed by atoms with Gasteiger partial charge in [0.15, 0.2) is 5.78 Å². The smallest absolute Gasteiger partial charge is 0.277 e. The topological polar surface area (TPSA) is 67.6 Å². The SMILES string of the molecule is O=C(CCc1ccc(Br)cc1)[C@@H]1CCCN1S(=O)(=O)c1cc2ccccc2o1. The van der Waals surface area contributed by atoms with Gasteiger partial charge in [0, 0.05) is 28.9 Å². The van der Waals surface area contributed by atoms with Crippen molar-refractivity contribution in [2.75, 3.05) is 6.54 Å². The highest BCUT2D eigenvalue weighted by Gasteiger charge is 2.40. The lowest BCUT2D eigenvalue weighted by atomic mass is 10.0. The van der Waals surface area contributed by atoms with E-state index in [1.54, 1.807) is 12.1 Å². The van der Waals surface area contributed by atoms with Gasteiger partial charge in [-0.05, 0) is 43.0 Å². The van der Waals surface area contributed by atoms with Gasteiger partial charge >= 0.3 is 0 Å². The summed E-state index contributed by atoms with van der Waals surface area (Å²) in [5, 5.41) is 0.639. The minimum absolute atomic E-state index is 0.0416. The second kappa shape index (κ2) is 7.81. The van der Waals surface area contributed by atoms with Crippen LogP contribution in [0.3, 0.4) is 0 Å². The van der Waals surface area contributed by atoms with Crippen molar-refractivity contribution >= 4 is 42.7 Å². The van der Waals surface area contributed by atoms with Crippen LogP contribution in [0.4, 0.5) is 0 Å². The van der Waals surface area contributed by atoms with Crippen LogP contribution >= 0.6 is 15.9 Å². The number of Topliss-reactive ketones (excluding diaryl/α,β-unsaturated/α-hetero) is 1. The number of nitrogens with zero attached hydrogens (tertiary/aromatic N) is 1. The molecule has 0 aliphatic carbocycles. The molecule has 146 valence electrons. The van der Waals surface area contributed by atoms with Gasteiger partial charge in [0.25, 0.3) is 10.0 Å². The van der Waals surface area contributed by atoms with Gasteiger partial charge in [-0.2, -0.15) is 4.31 Å². The number of benzene rings is 2. The van der Waals surface area contributed by atoms with E-state index in [1.165, 1.54) is 10.4 Å². The van der Waals surface area contributed by atoms with Crippen LogP contribution in [-0.4, -0.2) is 31.1 Å². The number of aryl methyl sites for hydroxylation is 1. The number of furan rings is 1. The number of ketones is 1. The van der Waals surface area contributed by atoms with Crippen molar-refractivity contribution in [3.8, 4) is 0 Å². The molecule has 1 aliphatic rings. The van der Waals surface area contributed by atoms with Gasteiger partial charge in [0.2, 0.25) is 5.09 Å². The third-order valence-electron chi connectivity index (χ3n) is 5.11. The number of para-hydroxylation sites is 1. The second-order valence-corrected chi connectivity index (χ2v) is 9.71. The van der Waals surface area contributed by atoms with E-state index in [9.17, 15) is 13.2 Å². The number of fused-ring (bicyclic) bond motifs is 1. The van der Waals surface area contributed by atoms with Gasteiger partial charge < -0.3 is 4.42 Å². The molecule has 5 nitrogen and oxygen atoms in total. The number of sulfonamides is 1. The van der Waals surface area contributed by atoms with Gasteiger partial charge in [-0.1, -0.05) is 46.3 Å². The zero-order valence-electron chi connectivity index (χ0n) is 15.2. The predicted molar refractivity (Wildman–Crippen MR) is 111 cm³/mol. The molecule has 3 aromatic rings. The molecule has 0 unspecified atom stereocenters. The van der Waals surface area contributed by atoms with Crippen LogP contribution in [0.2, 0.25) is 0 Å². The molecule has 0 spiro atoms. The number of hydrogen-bond acceptors (Lipinski definition) is 4. The van der Waals surface area contributed by atoms with E-state index in [0.717, 1.165) is 15.4 Å². The highest BCUT2D eigenvalue weighted by molar-refractivity contribution is 9.10. The number of carbonyl (C=O) groups excluding carboxylic acids is 1. The van der Waals surface area contributed by atoms with Crippen molar-refractivity contribution in [3.05, 3.63) is 64.6 Å². The molecule has 0 N–H and O–H groups in total. The van der Waals surface area contributed by atoms with Crippen molar-refractivity contribution in [3.63, 3.8) is 0 Å². The maximum atomic E-state index is 13.1. The van der Waals surface area contributed by atoms with Crippen LogP contribution in [-0.2, 0) is 21.2 Å². The average molecular weight is 462 g/mol. The summed E-state index contributed by atoms with van der Waals surface area (Å²) >= 11 is 3.39. The molecule has 4 rings (SSSR count). The molecule has 0 amide bonds. The van der Waals surface area contributed by atoms with Crippen molar-refractivity contribution in [1.29, 1.82) is 0 Å². The minimum atomic E-state index is -3.84. The Hall–Kier alpha value is -1.96. The van der Waals surface area contributed by atoms with Gasteiger partial charge in [-0.3, -0.25) is 4.79 Å². The Labute approximate surface area is 172 Å². The van der Waals surface area contributed by atoms with E-state index in [4.69, 9.17) is 4.42 Å². The Balaban J connectivity index is 1.51. The normalized spacial score (nSPS) is 18.0. The predicted octanol–water partition coefficient (Wildman–Crippen LogP) is 4.55. The monoisotopic (exact) mass is 461 g/mol. The highest BCUT2D eigenvalue weighted by atomic mass is 79.9. The molecule has 7 heteroatoms. The zero-order valence-corrected chi connectivity index (χ0v) is 17.6. The van der Waals surface area contributed by atoms with Gasteiger partial charge in [-0.15, -0.1) is 0 Å². The fourth-order valence-electron chi connectivity index (χ4n) is 3.64. The summed E-state index contributed by atoms with van der Waals surface area (Å²) in [5.74, 6) is -0.0416. The lowest BCUT2D eigenvalue weighted by Gasteiger charge is -2.21. The summed E-state index contributed by atoms with van der Waals surface area (Å²) in [5.41, 5.74) is 1.58.